The molecule has 1 fully saturated rings. The van der Waals surface area contributed by atoms with E-state index in [2.05, 4.69) is 32.1 Å². The van der Waals surface area contributed by atoms with Crippen LogP contribution in [0.5, 0.6) is 0 Å². The van der Waals surface area contributed by atoms with Crippen LogP contribution in [-0.4, -0.2) is 58.4 Å². The Bertz CT molecular complexity index is 851. The van der Waals surface area contributed by atoms with Crippen LogP contribution in [0, 0.1) is 18.6 Å². The van der Waals surface area contributed by atoms with Gasteiger partial charge in [-0.05, 0) is 43.9 Å². The van der Waals surface area contributed by atoms with Gasteiger partial charge >= 0.3 is 0 Å². The third-order valence-electron chi connectivity index (χ3n) is 5.16. The van der Waals surface area contributed by atoms with Crippen LogP contribution in [0.25, 0.3) is 0 Å². The highest BCUT2D eigenvalue weighted by molar-refractivity contribution is 7.98. The Morgan fingerprint density at radius 2 is 2.07 bits per heavy atom. The predicted molar refractivity (Wildman–Crippen MR) is 118 cm³/mol. The number of rotatable bonds is 8. The number of para-hydroxylation sites is 1. The molecule has 7 nitrogen and oxygen atoms in total. The van der Waals surface area contributed by atoms with Crippen LogP contribution in [-0.2, 0) is 13.6 Å². The van der Waals surface area contributed by atoms with Crippen LogP contribution in [0.4, 0.5) is 14.5 Å². The molecule has 30 heavy (non-hydrogen) atoms. The largest absolute Gasteiger partial charge is 0.365 e. The SMILES string of the molecule is CSCCCNC(=NCc1nnc(C)n1C)NC1CCN(c2c(F)cccc2F)C1. The van der Waals surface area contributed by atoms with Crippen molar-refractivity contribution in [3.8, 4) is 0 Å². The van der Waals surface area contributed by atoms with Gasteiger partial charge in [-0.25, -0.2) is 13.8 Å². The summed E-state index contributed by atoms with van der Waals surface area (Å²) in [4.78, 5) is 6.41. The van der Waals surface area contributed by atoms with Gasteiger partial charge in [-0.2, -0.15) is 11.8 Å². The molecule has 164 valence electrons. The summed E-state index contributed by atoms with van der Waals surface area (Å²) in [7, 11) is 1.91. The van der Waals surface area contributed by atoms with Crippen molar-refractivity contribution in [2.45, 2.75) is 32.4 Å². The van der Waals surface area contributed by atoms with Gasteiger partial charge in [-0.1, -0.05) is 6.07 Å². The Kier molecular flexibility index (Phi) is 7.89. The third kappa shape index (κ3) is 5.62. The fourth-order valence-corrected chi connectivity index (χ4v) is 3.81. The molecule has 0 radical (unpaired) electrons. The summed E-state index contributed by atoms with van der Waals surface area (Å²) in [5, 5.41) is 15.0. The molecule has 0 aliphatic carbocycles. The predicted octanol–water partition coefficient (Wildman–Crippen LogP) is 2.47. The van der Waals surface area contributed by atoms with Gasteiger partial charge in [0.15, 0.2) is 11.8 Å². The summed E-state index contributed by atoms with van der Waals surface area (Å²) in [5.41, 5.74) is 0.0442. The van der Waals surface area contributed by atoms with Crippen LogP contribution in [0.2, 0.25) is 0 Å². The van der Waals surface area contributed by atoms with Crippen LogP contribution in [0.3, 0.4) is 0 Å². The van der Waals surface area contributed by atoms with E-state index in [1.54, 1.807) is 16.7 Å². The molecule has 2 aromatic rings. The van der Waals surface area contributed by atoms with E-state index in [1.807, 2.05) is 18.5 Å². The number of aliphatic imine (C=N–C) groups is 1. The average molecular weight is 438 g/mol. The second-order valence-electron chi connectivity index (χ2n) is 7.31. The summed E-state index contributed by atoms with van der Waals surface area (Å²) in [5.74, 6) is 2.29. The maximum absolute atomic E-state index is 14.1. The lowest BCUT2D eigenvalue weighted by atomic mass is 10.2. The fraction of sp³-hybridized carbons (Fsp3) is 0.550. The van der Waals surface area contributed by atoms with Crippen molar-refractivity contribution in [3.05, 3.63) is 41.5 Å². The standard InChI is InChI=1S/C20H29F2N7S/c1-14-26-27-18(28(14)2)12-24-20(23-9-5-11-30-3)25-15-8-10-29(13-15)19-16(21)6-4-7-17(19)22/h4,6-7,15H,5,8-13H2,1-3H3,(H2,23,24,25). The first-order valence-corrected chi connectivity index (χ1v) is 11.5. The molecule has 1 aromatic heterocycles. The van der Waals surface area contributed by atoms with Gasteiger partial charge in [-0.15, -0.1) is 10.2 Å². The highest BCUT2D eigenvalue weighted by atomic mass is 32.2. The van der Waals surface area contributed by atoms with E-state index < -0.39 is 11.6 Å². The van der Waals surface area contributed by atoms with Gasteiger partial charge in [0.2, 0.25) is 0 Å². The van der Waals surface area contributed by atoms with E-state index in [4.69, 9.17) is 0 Å². The number of anilines is 1. The van der Waals surface area contributed by atoms with E-state index >= 15 is 0 Å². The lowest BCUT2D eigenvalue weighted by Crippen LogP contribution is -2.45. The lowest BCUT2D eigenvalue weighted by Gasteiger charge is -2.21. The van der Waals surface area contributed by atoms with Crippen molar-refractivity contribution in [1.82, 2.24) is 25.4 Å². The van der Waals surface area contributed by atoms with Crippen LogP contribution in [0.1, 0.15) is 24.5 Å². The summed E-state index contributed by atoms with van der Waals surface area (Å²) < 4.78 is 30.2. The first-order valence-electron chi connectivity index (χ1n) is 10.1. The van der Waals surface area contributed by atoms with E-state index in [1.165, 1.54) is 18.2 Å². The number of nitrogens with one attached hydrogen (secondary N) is 2. The van der Waals surface area contributed by atoms with Crippen LogP contribution < -0.4 is 15.5 Å². The van der Waals surface area contributed by atoms with Crippen molar-refractivity contribution in [1.29, 1.82) is 0 Å². The summed E-state index contributed by atoms with van der Waals surface area (Å²) in [6.07, 6.45) is 3.86. The summed E-state index contributed by atoms with van der Waals surface area (Å²) in [6, 6.07) is 4.01. The zero-order chi connectivity index (χ0) is 21.5. The normalized spacial score (nSPS) is 16.9. The van der Waals surface area contributed by atoms with Crippen molar-refractivity contribution in [2.24, 2.45) is 12.0 Å². The van der Waals surface area contributed by atoms with Gasteiger partial charge in [0.05, 0.1) is 0 Å². The minimum atomic E-state index is -0.530. The molecule has 3 rings (SSSR count). The number of guanidine groups is 1. The van der Waals surface area contributed by atoms with E-state index in [0.29, 0.717) is 25.6 Å². The number of nitrogens with zero attached hydrogens (tertiary/aromatic N) is 5. The van der Waals surface area contributed by atoms with Crippen molar-refractivity contribution in [3.63, 3.8) is 0 Å². The van der Waals surface area contributed by atoms with E-state index in [-0.39, 0.29) is 11.7 Å². The molecule has 1 aliphatic heterocycles. The van der Waals surface area contributed by atoms with Crippen molar-refractivity contribution >= 4 is 23.4 Å². The van der Waals surface area contributed by atoms with Gasteiger partial charge < -0.3 is 20.1 Å². The molecule has 2 N–H and O–H groups in total. The molecule has 0 saturated carbocycles. The number of thioether (sulfide) groups is 1. The van der Waals surface area contributed by atoms with E-state index in [0.717, 1.165) is 36.8 Å². The Morgan fingerprint density at radius 1 is 1.30 bits per heavy atom. The molecule has 1 aromatic carbocycles. The van der Waals surface area contributed by atoms with Gasteiger partial charge in [0.1, 0.15) is 29.7 Å². The average Bonchev–Trinajstić information content (AvgIpc) is 3.30. The second-order valence-corrected chi connectivity index (χ2v) is 8.29. The topological polar surface area (TPSA) is 70.4 Å². The first-order chi connectivity index (χ1) is 14.5. The van der Waals surface area contributed by atoms with E-state index in [9.17, 15) is 8.78 Å². The molecule has 0 spiro atoms. The third-order valence-corrected chi connectivity index (χ3v) is 5.86. The molecule has 1 saturated heterocycles. The van der Waals surface area contributed by atoms with Crippen LogP contribution >= 0.6 is 11.8 Å². The quantitative estimate of drug-likeness (QED) is 0.376. The van der Waals surface area contributed by atoms with Crippen molar-refractivity contribution < 1.29 is 8.78 Å². The smallest absolute Gasteiger partial charge is 0.191 e. The summed E-state index contributed by atoms with van der Waals surface area (Å²) in [6.45, 7) is 4.18. The summed E-state index contributed by atoms with van der Waals surface area (Å²) >= 11 is 1.80. The minimum absolute atomic E-state index is 0.0389. The van der Waals surface area contributed by atoms with Crippen molar-refractivity contribution in [2.75, 3.05) is 36.5 Å². The molecule has 2 heterocycles. The molecule has 0 amide bonds. The Balaban J connectivity index is 1.65. The fourth-order valence-electron chi connectivity index (χ4n) is 3.38. The number of benzene rings is 1. The van der Waals surface area contributed by atoms with Gasteiger partial charge in [-0.3, -0.25) is 0 Å². The lowest BCUT2D eigenvalue weighted by molar-refractivity contribution is 0.575. The number of aromatic nitrogens is 3. The minimum Gasteiger partial charge on any atom is -0.365 e. The highest BCUT2D eigenvalue weighted by Gasteiger charge is 2.27. The maximum atomic E-state index is 14.1. The molecular formula is C20H29F2N7S. The maximum Gasteiger partial charge on any atom is 0.191 e. The second kappa shape index (κ2) is 10.6. The number of halogens is 2. The zero-order valence-electron chi connectivity index (χ0n) is 17.7. The number of aryl methyl sites for hydroxylation is 1. The first kappa shape index (κ1) is 22.3. The monoisotopic (exact) mass is 437 g/mol. The molecule has 0 bridgehead atoms. The molecular weight excluding hydrogens is 408 g/mol. The Morgan fingerprint density at radius 3 is 2.73 bits per heavy atom. The highest BCUT2D eigenvalue weighted by Crippen LogP contribution is 2.26. The zero-order valence-corrected chi connectivity index (χ0v) is 18.5. The van der Waals surface area contributed by atoms with Gasteiger partial charge in [0, 0.05) is 32.7 Å². The number of hydrogen-bond acceptors (Lipinski definition) is 5. The Hall–Kier alpha value is -2.36. The Labute approximate surface area is 180 Å². The molecule has 1 aliphatic rings. The van der Waals surface area contributed by atoms with Crippen LogP contribution in [0.15, 0.2) is 23.2 Å². The number of hydrogen-bond donors (Lipinski definition) is 2. The molecule has 10 heteroatoms. The van der Waals surface area contributed by atoms with Gasteiger partial charge in [0.25, 0.3) is 0 Å². The molecule has 1 atom stereocenters. The molecule has 1 unspecified atom stereocenters.